The number of alkyl halides is 3. The molecule has 3 N–H and O–H groups in total. The molecule has 1 aromatic carbocycles. The summed E-state index contributed by atoms with van der Waals surface area (Å²) in [7, 11) is 0. The van der Waals surface area contributed by atoms with Crippen LogP contribution in [0.25, 0.3) is 0 Å². The fourth-order valence-corrected chi connectivity index (χ4v) is 2.14. The molecule has 2 atom stereocenters. The number of nitrogens with two attached hydrogens (primary N) is 1. The van der Waals surface area contributed by atoms with Crippen molar-refractivity contribution in [2.24, 2.45) is 11.7 Å². The molecule has 0 aromatic heterocycles. The van der Waals surface area contributed by atoms with Crippen LogP contribution in [0.5, 0.6) is 0 Å². The Balaban J connectivity index is 0.00000180. The van der Waals surface area contributed by atoms with Crippen LogP contribution in [0, 0.1) is 5.92 Å². The van der Waals surface area contributed by atoms with Crippen LogP contribution in [0.4, 0.5) is 13.2 Å². The molecule has 1 fully saturated rings. The van der Waals surface area contributed by atoms with Gasteiger partial charge in [-0.05, 0) is 42.5 Å². The van der Waals surface area contributed by atoms with Gasteiger partial charge in [0.05, 0.1) is 17.7 Å². The van der Waals surface area contributed by atoms with Crippen molar-refractivity contribution in [3.63, 3.8) is 0 Å². The van der Waals surface area contributed by atoms with Gasteiger partial charge in [0.25, 0.3) is 0 Å². The van der Waals surface area contributed by atoms with Crippen molar-refractivity contribution >= 4 is 24.0 Å². The van der Waals surface area contributed by atoms with Crippen LogP contribution in [0.1, 0.15) is 30.0 Å². The second-order valence-corrected chi connectivity index (χ2v) is 5.06. The van der Waals surface area contributed by atoms with E-state index in [-0.39, 0.29) is 28.9 Å². The molecular weight excluding hydrogens is 302 g/mol. The predicted octanol–water partition coefficient (Wildman–Crippen LogP) is 3.55. The SMILES string of the molecule is Cl.N[C@@H](c1cc(Cl)cc(C(F)(F)F)c1)[C@H](O)C1CC1. The largest absolute Gasteiger partial charge is 0.416 e. The van der Waals surface area contributed by atoms with Crippen molar-refractivity contribution in [3.05, 3.63) is 34.3 Å². The van der Waals surface area contributed by atoms with E-state index in [2.05, 4.69) is 0 Å². The average Bonchev–Trinajstić information content (AvgIpc) is 3.08. The molecule has 2 rings (SSSR count). The number of hydrogen-bond acceptors (Lipinski definition) is 2. The van der Waals surface area contributed by atoms with Gasteiger partial charge in [0.1, 0.15) is 0 Å². The molecule has 1 aliphatic rings. The third-order valence-corrected chi connectivity index (χ3v) is 3.32. The molecule has 0 bridgehead atoms. The Hall–Kier alpha value is -0.490. The van der Waals surface area contributed by atoms with Gasteiger partial charge in [0.15, 0.2) is 0 Å². The first-order valence-electron chi connectivity index (χ1n) is 5.60. The third kappa shape index (κ3) is 3.99. The van der Waals surface area contributed by atoms with Crippen molar-refractivity contribution < 1.29 is 18.3 Å². The first kappa shape index (κ1) is 16.6. The molecule has 2 nitrogen and oxygen atoms in total. The van der Waals surface area contributed by atoms with E-state index >= 15 is 0 Å². The minimum atomic E-state index is -4.47. The van der Waals surface area contributed by atoms with E-state index in [1.165, 1.54) is 6.07 Å². The maximum absolute atomic E-state index is 12.6. The monoisotopic (exact) mass is 315 g/mol. The first-order chi connectivity index (χ1) is 8.29. The van der Waals surface area contributed by atoms with Gasteiger partial charge in [-0.3, -0.25) is 0 Å². The van der Waals surface area contributed by atoms with Crippen molar-refractivity contribution in [1.82, 2.24) is 0 Å². The van der Waals surface area contributed by atoms with Crippen molar-refractivity contribution in [2.75, 3.05) is 0 Å². The van der Waals surface area contributed by atoms with Gasteiger partial charge in [-0.2, -0.15) is 13.2 Å². The number of aliphatic hydroxyl groups excluding tert-OH is 1. The Bertz CT molecular complexity index is 449. The molecule has 7 heteroatoms. The van der Waals surface area contributed by atoms with Crippen LogP contribution in [-0.2, 0) is 6.18 Å². The van der Waals surface area contributed by atoms with Gasteiger partial charge in [0.2, 0.25) is 0 Å². The summed E-state index contributed by atoms with van der Waals surface area (Å²) in [5, 5.41) is 9.82. The minimum absolute atomic E-state index is 0. The fourth-order valence-electron chi connectivity index (χ4n) is 1.90. The Morgan fingerprint density at radius 2 is 1.84 bits per heavy atom. The highest BCUT2D eigenvalue weighted by Gasteiger charge is 2.36. The highest BCUT2D eigenvalue weighted by molar-refractivity contribution is 6.30. The zero-order valence-electron chi connectivity index (χ0n) is 9.82. The Morgan fingerprint density at radius 1 is 1.26 bits per heavy atom. The summed E-state index contributed by atoms with van der Waals surface area (Å²) in [4.78, 5) is 0. The van der Waals surface area contributed by atoms with Crippen molar-refractivity contribution in [2.45, 2.75) is 31.2 Å². The average molecular weight is 316 g/mol. The lowest BCUT2D eigenvalue weighted by atomic mass is 9.97. The highest BCUT2D eigenvalue weighted by Crippen LogP contribution is 2.39. The van der Waals surface area contributed by atoms with Gasteiger partial charge < -0.3 is 10.8 Å². The summed E-state index contributed by atoms with van der Waals surface area (Å²) in [6.45, 7) is 0. The quantitative estimate of drug-likeness (QED) is 0.896. The van der Waals surface area contributed by atoms with Gasteiger partial charge in [-0.25, -0.2) is 0 Å². The first-order valence-corrected chi connectivity index (χ1v) is 5.98. The molecule has 0 amide bonds. The van der Waals surface area contributed by atoms with E-state index in [1.54, 1.807) is 0 Å². The van der Waals surface area contributed by atoms with Gasteiger partial charge in [-0.15, -0.1) is 12.4 Å². The molecule has 1 aliphatic carbocycles. The Morgan fingerprint density at radius 3 is 2.32 bits per heavy atom. The normalized spacial score (nSPS) is 18.6. The predicted molar refractivity (Wildman–Crippen MR) is 69.4 cm³/mol. The molecule has 0 unspecified atom stereocenters. The smallest absolute Gasteiger partial charge is 0.391 e. The second-order valence-electron chi connectivity index (χ2n) is 4.62. The molecule has 0 radical (unpaired) electrons. The van der Waals surface area contributed by atoms with E-state index in [1.807, 2.05) is 0 Å². The molecule has 0 heterocycles. The summed E-state index contributed by atoms with van der Waals surface area (Å²) >= 11 is 5.66. The summed E-state index contributed by atoms with van der Waals surface area (Å²) in [5.41, 5.74) is 5.16. The van der Waals surface area contributed by atoms with Crippen LogP contribution in [-0.4, -0.2) is 11.2 Å². The van der Waals surface area contributed by atoms with Crippen LogP contribution >= 0.6 is 24.0 Å². The van der Waals surface area contributed by atoms with Crippen LogP contribution in [0.2, 0.25) is 5.02 Å². The highest BCUT2D eigenvalue weighted by atomic mass is 35.5. The maximum atomic E-state index is 12.6. The number of rotatable bonds is 3. The molecule has 0 spiro atoms. The molecule has 0 saturated heterocycles. The van der Waals surface area contributed by atoms with Gasteiger partial charge in [0, 0.05) is 5.02 Å². The van der Waals surface area contributed by atoms with Crippen LogP contribution < -0.4 is 5.73 Å². The van der Waals surface area contributed by atoms with E-state index < -0.39 is 23.9 Å². The molecule has 108 valence electrons. The summed E-state index contributed by atoms with van der Waals surface area (Å²) < 4.78 is 37.9. The summed E-state index contributed by atoms with van der Waals surface area (Å²) in [6.07, 6.45) is -3.56. The summed E-state index contributed by atoms with van der Waals surface area (Å²) in [6, 6.07) is 2.33. The lowest BCUT2D eigenvalue weighted by molar-refractivity contribution is -0.137. The summed E-state index contributed by atoms with van der Waals surface area (Å²) in [5.74, 6) is 0.0910. The van der Waals surface area contributed by atoms with E-state index in [0.717, 1.165) is 25.0 Å². The topological polar surface area (TPSA) is 46.2 Å². The molecular formula is C12H14Cl2F3NO. The van der Waals surface area contributed by atoms with E-state index in [9.17, 15) is 18.3 Å². The fraction of sp³-hybridized carbons (Fsp3) is 0.500. The second kappa shape index (κ2) is 5.87. The minimum Gasteiger partial charge on any atom is -0.391 e. The van der Waals surface area contributed by atoms with Crippen molar-refractivity contribution in [3.8, 4) is 0 Å². The Labute approximate surface area is 120 Å². The molecule has 0 aliphatic heterocycles. The molecule has 1 saturated carbocycles. The van der Waals surface area contributed by atoms with Gasteiger partial charge >= 0.3 is 6.18 Å². The number of aliphatic hydroxyl groups is 1. The molecule has 1 aromatic rings. The third-order valence-electron chi connectivity index (χ3n) is 3.11. The van der Waals surface area contributed by atoms with Crippen LogP contribution in [0.15, 0.2) is 18.2 Å². The van der Waals surface area contributed by atoms with E-state index in [0.29, 0.717) is 0 Å². The van der Waals surface area contributed by atoms with Gasteiger partial charge in [-0.1, -0.05) is 11.6 Å². The number of benzene rings is 1. The molecule has 19 heavy (non-hydrogen) atoms. The lowest BCUT2D eigenvalue weighted by Crippen LogP contribution is -2.28. The number of hydrogen-bond donors (Lipinski definition) is 2. The van der Waals surface area contributed by atoms with Crippen molar-refractivity contribution in [1.29, 1.82) is 0 Å². The van der Waals surface area contributed by atoms with Crippen LogP contribution in [0.3, 0.4) is 0 Å². The maximum Gasteiger partial charge on any atom is 0.416 e. The zero-order valence-corrected chi connectivity index (χ0v) is 11.4. The lowest BCUT2D eigenvalue weighted by Gasteiger charge is -2.20. The van der Waals surface area contributed by atoms with E-state index in [4.69, 9.17) is 17.3 Å². The standard InChI is InChI=1S/C12H13ClF3NO.ClH/c13-9-4-7(3-8(5-9)12(14,15)16)10(17)11(18)6-1-2-6;/h3-6,10-11,18H,1-2,17H2;1H/t10-,11+;/m0./s1. The Kier molecular flexibility index (Phi) is 5.12. The number of halogens is 5. The zero-order chi connectivity index (χ0) is 13.5.